The fourth-order valence-corrected chi connectivity index (χ4v) is 7.70. The van der Waals surface area contributed by atoms with Gasteiger partial charge in [-0.05, 0) is 61.8 Å². The predicted molar refractivity (Wildman–Crippen MR) is 125 cm³/mol. The van der Waals surface area contributed by atoms with E-state index in [4.69, 9.17) is 9.47 Å². The topological polar surface area (TPSA) is 113 Å². The molecule has 0 unspecified atom stereocenters. The molecule has 0 aliphatic carbocycles. The molecule has 34 heavy (non-hydrogen) atoms. The zero-order chi connectivity index (χ0) is 24.3. The van der Waals surface area contributed by atoms with Crippen molar-refractivity contribution >= 4 is 21.9 Å². The molecule has 3 aliphatic heterocycles. The third-order valence-corrected chi connectivity index (χ3v) is 10.5. The largest absolute Gasteiger partial charge is 0.497 e. The monoisotopic (exact) mass is 494 g/mol. The fraction of sp³-hybridized carbons (Fsp3) is 0.667. The molecule has 3 saturated heterocycles. The predicted octanol–water partition coefficient (Wildman–Crippen LogP) is 2.22. The zero-order valence-corrected chi connectivity index (χ0v) is 20.5. The van der Waals surface area contributed by atoms with Crippen molar-refractivity contribution in [3.63, 3.8) is 0 Å². The van der Waals surface area contributed by atoms with E-state index in [-0.39, 0.29) is 32.0 Å². The number of rotatable bonds is 6. The Hall–Kier alpha value is -2.17. The second kappa shape index (κ2) is 10.2. The minimum atomic E-state index is -3.96. The highest BCUT2D eigenvalue weighted by atomic mass is 32.2. The standard InChI is InChI=1S/C24H34N2O7S/c1-32-21-4-2-20(3-5-21)22(27)25-12-6-18(7-13-25)19-8-14-26(15-9-19)34(30,31)24(23(28)29)10-16-33-17-11-24/h2-5,18-19H,6-17H2,1H3,(H,28,29). The van der Waals surface area contributed by atoms with Gasteiger partial charge in [-0.2, -0.15) is 0 Å². The summed E-state index contributed by atoms with van der Waals surface area (Å²) in [5.74, 6) is 0.306. The molecule has 188 valence electrons. The summed E-state index contributed by atoms with van der Waals surface area (Å²) in [5.41, 5.74) is 0.651. The number of carboxylic acids is 1. The highest BCUT2D eigenvalue weighted by Gasteiger charge is 2.55. The Kier molecular flexibility index (Phi) is 7.49. The van der Waals surface area contributed by atoms with Crippen LogP contribution >= 0.6 is 0 Å². The molecule has 3 aliphatic rings. The van der Waals surface area contributed by atoms with Gasteiger partial charge < -0.3 is 19.5 Å². The average Bonchev–Trinajstić information content (AvgIpc) is 2.88. The van der Waals surface area contributed by atoms with Gasteiger partial charge in [0, 0.05) is 57.8 Å². The molecule has 4 rings (SSSR count). The van der Waals surface area contributed by atoms with E-state index >= 15 is 0 Å². The lowest BCUT2D eigenvalue weighted by atomic mass is 9.79. The fourth-order valence-electron chi connectivity index (χ4n) is 5.61. The van der Waals surface area contributed by atoms with E-state index in [1.165, 1.54) is 4.31 Å². The van der Waals surface area contributed by atoms with E-state index in [9.17, 15) is 23.1 Å². The lowest BCUT2D eigenvalue weighted by Crippen LogP contribution is -2.57. The average molecular weight is 495 g/mol. The summed E-state index contributed by atoms with van der Waals surface area (Å²) in [4.78, 5) is 26.7. The second-order valence-electron chi connectivity index (χ2n) is 9.51. The van der Waals surface area contributed by atoms with Crippen molar-refractivity contribution in [1.82, 2.24) is 9.21 Å². The first kappa shape index (κ1) is 24.9. The van der Waals surface area contributed by atoms with Gasteiger partial charge in [-0.15, -0.1) is 0 Å². The van der Waals surface area contributed by atoms with Gasteiger partial charge in [0.25, 0.3) is 5.91 Å². The number of likely N-dealkylation sites (tertiary alicyclic amines) is 1. The summed E-state index contributed by atoms with van der Waals surface area (Å²) in [5, 5.41) is 9.79. The number of carbonyl (C=O) groups is 2. The Morgan fingerprint density at radius 2 is 1.50 bits per heavy atom. The maximum absolute atomic E-state index is 13.3. The quantitative estimate of drug-likeness (QED) is 0.645. The number of ether oxygens (including phenoxy) is 2. The van der Waals surface area contributed by atoms with Gasteiger partial charge in [0.05, 0.1) is 7.11 Å². The van der Waals surface area contributed by atoms with Gasteiger partial charge in [-0.25, -0.2) is 12.7 Å². The number of sulfonamides is 1. The van der Waals surface area contributed by atoms with Gasteiger partial charge >= 0.3 is 5.97 Å². The number of carbonyl (C=O) groups excluding carboxylic acids is 1. The van der Waals surface area contributed by atoms with Crippen molar-refractivity contribution < 1.29 is 32.6 Å². The lowest BCUT2D eigenvalue weighted by Gasteiger charge is -2.42. The molecule has 0 saturated carbocycles. The highest BCUT2D eigenvalue weighted by Crippen LogP contribution is 2.38. The molecule has 1 amide bonds. The smallest absolute Gasteiger partial charge is 0.326 e. The first-order valence-electron chi connectivity index (χ1n) is 12.0. The molecular formula is C24H34N2O7S. The van der Waals surface area contributed by atoms with E-state index in [2.05, 4.69) is 0 Å². The van der Waals surface area contributed by atoms with E-state index in [0.29, 0.717) is 43.6 Å². The molecule has 0 radical (unpaired) electrons. The van der Waals surface area contributed by atoms with Crippen LogP contribution < -0.4 is 4.74 Å². The Labute approximate surface area is 201 Å². The van der Waals surface area contributed by atoms with Crippen molar-refractivity contribution in [2.75, 3.05) is 46.5 Å². The number of hydrogen-bond acceptors (Lipinski definition) is 6. The van der Waals surface area contributed by atoms with Crippen LogP contribution in [0, 0.1) is 11.8 Å². The van der Waals surface area contributed by atoms with E-state index in [1.807, 2.05) is 4.90 Å². The van der Waals surface area contributed by atoms with Crippen LogP contribution in [0.2, 0.25) is 0 Å². The SMILES string of the molecule is COc1ccc(C(=O)N2CCC(C3CCN(S(=O)(=O)C4(C(=O)O)CCOCC4)CC3)CC2)cc1. The lowest BCUT2D eigenvalue weighted by molar-refractivity contribution is -0.142. The van der Waals surface area contributed by atoms with Crippen molar-refractivity contribution in [1.29, 1.82) is 0 Å². The molecule has 1 aromatic carbocycles. The van der Waals surface area contributed by atoms with Gasteiger partial charge in [0.2, 0.25) is 10.0 Å². The number of carboxylic acid groups (broad SMARTS) is 1. The van der Waals surface area contributed by atoms with Crippen molar-refractivity contribution in [3.05, 3.63) is 29.8 Å². The van der Waals surface area contributed by atoms with Gasteiger partial charge in [0.15, 0.2) is 4.75 Å². The minimum Gasteiger partial charge on any atom is -0.497 e. The molecule has 1 N–H and O–H groups in total. The summed E-state index contributed by atoms with van der Waals surface area (Å²) in [7, 11) is -2.37. The molecule has 9 nitrogen and oxygen atoms in total. The summed E-state index contributed by atoms with van der Waals surface area (Å²) in [6, 6.07) is 7.14. The van der Waals surface area contributed by atoms with E-state index in [0.717, 1.165) is 31.4 Å². The molecule has 0 bridgehead atoms. The first-order valence-corrected chi connectivity index (χ1v) is 13.5. The van der Waals surface area contributed by atoms with Crippen molar-refractivity contribution in [2.24, 2.45) is 11.8 Å². The molecule has 3 fully saturated rings. The molecule has 1 aromatic rings. The van der Waals surface area contributed by atoms with Crippen molar-refractivity contribution in [3.8, 4) is 5.75 Å². The molecule has 0 spiro atoms. The highest BCUT2D eigenvalue weighted by molar-refractivity contribution is 7.91. The number of methoxy groups -OCH3 is 1. The van der Waals surface area contributed by atoms with Crippen LogP contribution in [0.25, 0.3) is 0 Å². The second-order valence-corrected chi connectivity index (χ2v) is 11.8. The van der Waals surface area contributed by atoms with Crippen LogP contribution in [0.15, 0.2) is 24.3 Å². The maximum Gasteiger partial charge on any atom is 0.326 e. The molecule has 10 heteroatoms. The van der Waals surface area contributed by atoms with Gasteiger partial charge in [0.1, 0.15) is 5.75 Å². The number of aliphatic carboxylic acids is 1. The van der Waals surface area contributed by atoms with Gasteiger partial charge in [-0.1, -0.05) is 0 Å². The summed E-state index contributed by atoms with van der Waals surface area (Å²) >= 11 is 0. The number of benzene rings is 1. The minimum absolute atomic E-state index is 0.00865. The van der Waals surface area contributed by atoms with Crippen LogP contribution in [0.3, 0.4) is 0 Å². The number of piperidine rings is 2. The summed E-state index contributed by atoms with van der Waals surface area (Å²) < 4.78 is 36.6. The summed E-state index contributed by atoms with van der Waals surface area (Å²) in [6.45, 7) is 2.39. The Morgan fingerprint density at radius 3 is 2.00 bits per heavy atom. The van der Waals surface area contributed by atoms with E-state index in [1.54, 1.807) is 31.4 Å². The molecule has 0 aromatic heterocycles. The van der Waals surface area contributed by atoms with Crippen LogP contribution in [0.4, 0.5) is 0 Å². The van der Waals surface area contributed by atoms with E-state index < -0.39 is 20.7 Å². The van der Waals surface area contributed by atoms with Crippen LogP contribution in [-0.2, 0) is 19.6 Å². The number of amides is 1. The Balaban J connectivity index is 1.31. The zero-order valence-electron chi connectivity index (χ0n) is 19.6. The third-order valence-electron chi connectivity index (χ3n) is 7.85. The maximum atomic E-state index is 13.3. The normalized spacial score (nSPS) is 22.9. The number of hydrogen-bond donors (Lipinski definition) is 1. The summed E-state index contributed by atoms with van der Waals surface area (Å²) in [6.07, 6.45) is 3.23. The van der Waals surface area contributed by atoms with Crippen LogP contribution in [0.5, 0.6) is 5.75 Å². The molecular weight excluding hydrogens is 460 g/mol. The molecule has 3 heterocycles. The van der Waals surface area contributed by atoms with Crippen LogP contribution in [0.1, 0.15) is 48.9 Å². The Bertz CT molecular complexity index is 973. The number of nitrogens with zero attached hydrogens (tertiary/aromatic N) is 2. The van der Waals surface area contributed by atoms with Crippen molar-refractivity contribution in [2.45, 2.75) is 43.3 Å². The molecule has 0 atom stereocenters. The third kappa shape index (κ3) is 4.67. The van der Waals surface area contributed by atoms with Crippen LogP contribution in [-0.4, -0.2) is 85.9 Å². The first-order chi connectivity index (χ1) is 16.3. The Morgan fingerprint density at radius 1 is 0.971 bits per heavy atom. The van der Waals surface area contributed by atoms with Gasteiger partial charge in [-0.3, -0.25) is 9.59 Å².